The molecule has 0 aromatic heterocycles. The first kappa shape index (κ1) is 19.3. The molecule has 1 N–H and O–H groups in total. The van der Waals surface area contributed by atoms with Gasteiger partial charge >= 0.3 is 12.1 Å². The molecule has 2 unspecified atom stereocenters. The van der Waals surface area contributed by atoms with Crippen LogP contribution in [0.4, 0.5) is 4.79 Å². The largest absolute Gasteiger partial charge is 0.456 e. The number of ether oxygens (including phenoxy) is 2. The van der Waals surface area contributed by atoms with Crippen molar-refractivity contribution >= 4 is 12.1 Å². The second kappa shape index (κ2) is 8.81. The van der Waals surface area contributed by atoms with E-state index in [-0.39, 0.29) is 5.92 Å². The van der Waals surface area contributed by atoms with Crippen molar-refractivity contribution in [2.45, 2.75) is 59.5 Å². The average Bonchev–Trinajstić information content (AvgIpc) is 3.12. The predicted molar refractivity (Wildman–Crippen MR) is 88.6 cm³/mol. The van der Waals surface area contributed by atoms with E-state index >= 15 is 0 Å². The molecule has 0 aromatic rings. The lowest BCUT2D eigenvalue weighted by Gasteiger charge is -2.20. The average molecular weight is 323 g/mol. The van der Waals surface area contributed by atoms with Gasteiger partial charge in [-0.2, -0.15) is 0 Å². The molecular weight excluding hydrogens is 294 g/mol. The van der Waals surface area contributed by atoms with E-state index in [0.29, 0.717) is 13.2 Å². The van der Waals surface area contributed by atoms with Crippen molar-refractivity contribution in [3.63, 3.8) is 0 Å². The highest BCUT2D eigenvalue weighted by Crippen LogP contribution is 2.41. The molecule has 5 nitrogen and oxygen atoms in total. The molecule has 1 rings (SSSR count). The number of hydrogen-bond acceptors (Lipinski definition) is 4. The number of nitrogens with one attached hydrogen (secondary N) is 1. The van der Waals surface area contributed by atoms with E-state index in [1.165, 1.54) is 6.42 Å². The first-order valence-corrected chi connectivity index (χ1v) is 8.36. The first-order chi connectivity index (χ1) is 10.7. The Bertz CT molecular complexity index is 470. The van der Waals surface area contributed by atoms with Gasteiger partial charge in [0.25, 0.3) is 0 Å². The number of amides is 1. The van der Waals surface area contributed by atoms with E-state index in [0.717, 1.165) is 24.7 Å². The predicted octanol–water partition coefficient (Wildman–Crippen LogP) is 3.13. The van der Waals surface area contributed by atoms with E-state index in [4.69, 9.17) is 9.47 Å². The van der Waals surface area contributed by atoms with Crippen LogP contribution in [0.3, 0.4) is 0 Å². The Labute approximate surface area is 139 Å². The molecule has 0 aromatic carbocycles. The van der Waals surface area contributed by atoms with Crippen molar-refractivity contribution in [3.05, 3.63) is 0 Å². The fourth-order valence-corrected chi connectivity index (χ4v) is 2.29. The zero-order valence-electron chi connectivity index (χ0n) is 14.9. The van der Waals surface area contributed by atoms with Gasteiger partial charge in [-0.25, -0.2) is 9.59 Å². The summed E-state index contributed by atoms with van der Waals surface area (Å²) in [5, 5.41) is 2.73. The Balaban J connectivity index is 2.49. The molecule has 0 aliphatic heterocycles. The number of carbonyl (C=O) groups excluding carboxylic acids is 2. The highest BCUT2D eigenvalue weighted by Gasteiger charge is 2.32. The molecular formula is C18H29NO4. The number of alkyl carbamates (subject to hydrolysis) is 1. The Kier molecular flexibility index (Phi) is 7.41. The van der Waals surface area contributed by atoms with Gasteiger partial charge in [-0.1, -0.05) is 12.8 Å². The summed E-state index contributed by atoms with van der Waals surface area (Å²) in [5.41, 5.74) is -0.528. The minimum Gasteiger partial charge on any atom is -0.456 e. The number of esters is 1. The van der Waals surface area contributed by atoms with E-state index in [1.54, 1.807) is 6.92 Å². The van der Waals surface area contributed by atoms with Gasteiger partial charge < -0.3 is 14.8 Å². The zero-order valence-corrected chi connectivity index (χ0v) is 14.9. The lowest BCUT2D eigenvalue weighted by atomic mass is 10.0. The monoisotopic (exact) mass is 323 g/mol. The minimum atomic E-state index is -0.528. The summed E-state index contributed by atoms with van der Waals surface area (Å²) in [4.78, 5) is 23.1. The summed E-state index contributed by atoms with van der Waals surface area (Å²) >= 11 is 0. The maximum absolute atomic E-state index is 11.7. The minimum absolute atomic E-state index is 0.0697. The van der Waals surface area contributed by atoms with Crippen LogP contribution >= 0.6 is 0 Å². The van der Waals surface area contributed by atoms with Crippen LogP contribution in [-0.2, 0) is 14.3 Å². The molecule has 1 saturated carbocycles. The van der Waals surface area contributed by atoms with Gasteiger partial charge in [0.05, 0.1) is 6.61 Å². The van der Waals surface area contributed by atoms with Crippen LogP contribution in [0, 0.1) is 29.6 Å². The number of rotatable bonds is 6. The van der Waals surface area contributed by atoms with Gasteiger partial charge in [0.15, 0.2) is 0 Å². The summed E-state index contributed by atoms with van der Waals surface area (Å²) in [7, 11) is 0. The second-order valence-electron chi connectivity index (χ2n) is 7.12. The lowest BCUT2D eigenvalue weighted by Crippen LogP contribution is -2.35. The zero-order chi connectivity index (χ0) is 17.5. The Hall–Kier alpha value is -1.70. The molecule has 0 spiro atoms. The third-order valence-corrected chi connectivity index (χ3v) is 3.71. The summed E-state index contributed by atoms with van der Waals surface area (Å²) in [5.74, 6) is 6.38. The third-order valence-electron chi connectivity index (χ3n) is 3.71. The maximum Gasteiger partial charge on any atom is 0.407 e. The van der Waals surface area contributed by atoms with Crippen LogP contribution in [0.2, 0.25) is 0 Å². The molecule has 5 heteroatoms. The van der Waals surface area contributed by atoms with E-state index in [1.807, 2.05) is 20.8 Å². The highest BCUT2D eigenvalue weighted by atomic mass is 16.6. The van der Waals surface area contributed by atoms with Gasteiger partial charge in [0.2, 0.25) is 0 Å². The van der Waals surface area contributed by atoms with Gasteiger partial charge in [-0.3, -0.25) is 0 Å². The van der Waals surface area contributed by atoms with Crippen molar-refractivity contribution in [3.8, 4) is 11.8 Å². The van der Waals surface area contributed by atoms with Crippen molar-refractivity contribution in [2.24, 2.45) is 17.8 Å². The van der Waals surface area contributed by atoms with E-state index < -0.39 is 17.7 Å². The fraction of sp³-hybridized carbons (Fsp3) is 0.778. The highest BCUT2D eigenvalue weighted by molar-refractivity contribution is 5.88. The Morgan fingerprint density at radius 2 is 2.00 bits per heavy atom. The van der Waals surface area contributed by atoms with E-state index in [2.05, 4.69) is 24.1 Å². The van der Waals surface area contributed by atoms with Gasteiger partial charge in [0.1, 0.15) is 5.60 Å². The molecule has 1 amide bonds. The summed E-state index contributed by atoms with van der Waals surface area (Å²) in [6, 6.07) is 0. The van der Waals surface area contributed by atoms with Gasteiger partial charge in [-0.15, -0.1) is 0 Å². The standard InChI is InChI=1S/C18H29NO4/c1-6-22-16(20)10-8-14(7-9-15-11-13(15)2)12-19-17(21)23-18(3,4)5/h13-15H,6-7,9,11-12H2,1-5H3,(H,19,21)/t13?,14-,15?/m0/s1. The molecule has 0 radical (unpaired) electrons. The topological polar surface area (TPSA) is 64.6 Å². The third kappa shape index (κ3) is 9.12. The summed E-state index contributed by atoms with van der Waals surface area (Å²) < 4.78 is 10.0. The van der Waals surface area contributed by atoms with Crippen molar-refractivity contribution in [1.29, 1.82) is 0 Å². The Morgan fingerprint density at radius 1 is 1.35 bits per heavy atom. The molecule has 130 valence electrons. The Morgan fingerprint density at radius 3 is 2.52 bits per heavy atom. The molecule has 1 fully saturated rings. The van der Waals surface area contributed by atoms with Crippen molar-refractivity contribution in [2.75, 3.05) is 13.2 Å². The van der Waals surface area contributed by atoms with Crippen molar-refractivity contribution in [1.82, 2.24) is 5.32 Å². The molecule has 3 atom stereocenters. The summed E-state index contributed by atoms with van der Waals surface area (Å²) in [6.07, 6.45) is 2.73. The normalized spacial score (nSPS) is 20.7. The molecule has 23 heavy (non-hydrogen) atoms. The van der Waals surface area contributed by atoms with Crippen LogP contribution < -0.4 is 5.32 Å². The number of hydrogen-bond donors (Lipinski definition) is 1. The molecule has 0 heterocycles. The molecule has 0 bridgehead atoms. The molecule has 0 saturated heterocycles. The number of carbonyl (C=O) groups is 2. The van der Waals surface area contributed by atoms with Crippen LogP contribution in [0.1, 0.15) is 53.9 Å². The quantitative estimate of drug-likeness (QED) is 0.463. The van der Waals surface area contributed by atoms with Crippen molar-refractivity contribution < 1.29 is 19.1 Å². The van der Waals surface area contributed by atoms with Gasteiger partial charge in [-0.05, 0) is 58.8 Å². The van der Waals surface area contributed by atoms with Crippen LogP contribution in [0.25, 0.3) is 0 Å². The van der Waals surface area contributed by atoms with Crippen LogP contribution in [0.5, 0.6) is 0 Å². The molecule has 1 aliphatic carbocycles. The summed E-state index contributed by atoms with van der Waals surface area (Å²) in [6.45, 7) is 10.1. The van der Waals surface area contributed by atoms with Crippen LogP contribution in [0.15, 0.2) is 0 Å². The second-order valence-corrected chi connectivity index (χ2v) is 7.12. The first-order valence-electron chi connectivity index (χ1n) is 8.36. The maximum atomic E-state index is 11.7. The lowest BCUT2D eigenvalue weighted by molar-refractivity contribution is -0.136. The van der Waals surface area contributed by atoms with Gasteiger partial charge in [0, 0.05) is 18.4 Å². The van der Waals surface area contributed by atoms with Crippen LogP contribution in [-0.4, -0.2) is 30.8 Å². The fourth-order valence-electron chi connectivity index (χ4n) is 2.29. The smallest absolute Gasteiger partial charge is 0.407 e. The molecule has 1 aliphatic rings. The SMILES string of the molecule is CCOC(=O)C#C[C@H](CCC1CC1C)CNC(=O)OC(C)(C)C. The van der Waals surface area contributed by atoms with E-state index in [9.17, 15) is 9.59 Å².